The van der Waals surface area contributed by atoms with E-state index in [0.29, 0.717) is 5.75 Å². The number of ether oxygens (including phenoxy) is 2. The predicted molar refractivity (Wildman–Crippen MR) is 107 cm³/mol. The number of hydrogen-bond acceptors (Lipinski definition) is 8. The molecule has 0 atom stereocenters. The first-order chi connectivity index (χ1) is 12.2. The Bertz CT molecular complexity index is 1060. The molecule has 4 aromatic rings. The fraction of sp³-hybridized carbons (Fsp3) is 0.176. The maximum Gasteiger partial charge on any atom is 0.188 e. The quantitative estimate of drug-likeness (QED) is 0.462. The minimum atomic E-state index is 0.709. The molecule has 0 radical (unpaired) electrons. The highest BCUT2D eigenvalue weighted by molar-refractivity contribution is 8.00. The highest BCUT2D eigenvalue weighted by Gasteiger charge is 2.12. The van der Waals surface area contributed by atoms with Crippen LogP contribution in [-0.2, 0) is 0 Å². The van der Waals surface area contributed by atoms with Crippen molar-refractivity contribution in [3.05, 3.63) is 30.3 Å². The lowest BCUT2D eigenvalue weighted by Crippen LogP contribution is -1.90. The molecule has 25 heavy (non-hydrogen) atoms. The van der Waals surface area contributed by atoms with Crippen molar-refractivity contribution in [2.45, 2.75) is 4.34 Å². The maximum atomic E-state index is 5.43. The van der Waals surface area contributed by atoms with Crippen molar-refractivity contribution in [3.8, 4) is 11.5 Å². The van der Waals surface area contributed by atoms with Crippen molar-refractivity contribution in [1.29, 1.82) is 0 Å². The summed E-state index contributed by atoms with van der Waals surface area (Å²) < 4.78 is 14.0. The first-order valence-electron chi connectivity index (χ1n) is 7.44. The van der Waals surface area contributed by atoms with E-state index < -0.39 is 0 Å². The van der Waals surface area contributed by atoms with Gasteiger partial charge in [-0.3, -0.25) is 0 Å². The zero-order valence-corrected chi connectivity index (χ0v) is 16.3. The van der Waals surface area contributed by atoms with Crippen molar-refractivity contribution in [2.75, 3.05) is 25.8 Å². The Morgan fingerprint density at radius 2 is 1.88 bits per heavy atom. The third kappa shape index (κ3) is 3.12. The summed E-state index contributed by atoms with van der Waals surface area (Å²) >= 11 is 4.93. The predicted octanol–water partition coefficient (Wildman–Crippen LogP) is 5.39. The van der Waals surface area contributed by atoms with Crippen LogP contribution in [0.1, 0.15) is 0 Å². The first-order valence-corrected chi connectivity index (χ1v) is 10.3. The molecule has 4 rings (SSSR count). The zero-order chi connectivity index (χ0) is 17.4. The molecular weight excluding hydrogens is 374 g/mol. The van der Waals surface area contributed by atoms with E-state index in [2.05, 4.69) is 21.4 Å². The Balaban J connectivity index is 1.70. The van der Waals surface area contributed by atoms with E-state index in [1.807, 2.05) is 30.5 Å². The molecule has 8 heteroatoms. The van der Waals surface area contributed by atoms with Crippen LogP contribution in [0.3, 0.4) is 0 Å². The molecule has 0 unspecified atom stereocenters. The molecule has 2 aromatic heterocycles. The number of fused-ring (bicyclic) bond motifs is 2. The van der Waals surface area contributed by atoms with E-state index in [0.717, 1.165) is 41.3 Å². The van der Waals surface area contributed by atoms with Crippen molar-refractivity contribution in [1.82, 2.24) is 9.97 Å². The van der Waals surface area contributed by atoms with Gasteiger partial charge in [0.1, 0.15) is 17.0 Å². The van der Waals surface area contributed by atoms with Crippen molar-refractivity contribution >= 4 is 65.7 Å². The molecule has 0 amide bonds. The minimum Gasteiger partial charge on any atom is -0.497 e. The van der Waals surface area contributed by atoms with Crippen LogP contribution in [0.2, 0.25) is 0 Å². The number of nitrogens with one attached hydrogen (secondary N) is 1. The molecule has 1 N–H and O–H groups in total. The molecule has 0 aliphatic carbocycles. The van der Waals surface area contributed by atoms with Gasteiger partial charge in [0.15, 0.2) is 9.47 Å². The van der Waals surface area contributed by atoms with E-state index in [1.165, 1.54) is 0 Å². The number of methoxy groups -OCH3 is 2. The van der Waals surface area contributed by atoms with Gasteiger partial charge in [-0.05, 0) is 30.5 Å². The first kappa shape index (κ1) is 16.4. The highest BCUT2D eigenvalue weighted by Crippen LogP contribution is 2.38. The maximum absolute atomic E-state index is 5.43. The molecule has 2 aromatic carbocycles. The number of aromatic nitrogens is 2. The van der Waals surface area contributed by atoms with Gasteiger partial charge in [-0.25, -0.2) is 9.97 Å². The Kier molecular flexibility index (Phi) is 4.41. The van der Waals surface area contributed by atoms with Gasteiger partial charge in [0.25, 0.3) is 0 Å². The van der Waals surface area contributed by atoms with Gasteiger partial charge in [-0.15, -0.1) is 11.3 Å². The van der Waals surface area contributed by atoms with Gasteiger partial charge in [-0.1, -0.05) is 23.1 Å². The third-order valence-electron chi connectivity index (χ3n) is 3.68. The second-order valence-electron chi connectivity index (χ2n) is 5.19. The SMILES string of the molecule is COc1cc(OC)c2nc(Nc3ccc4nc(SC)sc4c3)sc2c1. The van der Waals surface area contributed by atoms with Crippen LogP contribution < -0.4 is 14.8 Å². The van der Waals surface area contributed by atoms with Crippen LogP contribution in [0.5, 0.6) is 11.5 Å². The Hall–Kier alpha value is -2.03. The Labute approximate surface area is 157 Å². The van der Waals surface area contributed by atoms with Gasteiger partial charge in [0.2, 0.25) is 0 Å². The summed E-state index contributed by atoms with van der Waals surface area (Å²) in [4.78, 5) is 9.23. The zero-order valence-electron chi connectivity index (χ0n) is 13.8. The topological polar surface area (TPSA) is 56.3 Å². The van der Waals surface area contributed by atoms with E-state index in [4.69, 9.17) is 9.47 Å². The molecule has 0 saturated heterocycles. The van der Waals surface area contributed by atoms with Crippen LogP contribution in [-0.4, -0.2) is 30.4 Å². The van der Waals surface area contributed by atoms with E-state index in [1.54, 1.807) is 48.7 Å². The number of anilines is 2. The number of thioether (sulfide) groups is 1. The average molecular weight is 390 g/mol. The van der Waals surface area contributed by atoms with E-state index >= 15 is 0 Å². The van der Waals surface area contributed by atoms with Gasteiger partial charge in [0.05, 0.1) is 29.1 Å². The monoisotopic (exact) mass is 389 g/mol. The standard InChI is InChI=1S/C17H15N3O2S3/c1-21-10-7-12(22-2)15-14(8-10)24-16(20-15)18-9-4-5-11-13(6-9)25-17(19-11)23-3/h4-8H,1-3H3,(H,18,20). The molecule has 128 valence electrons. The smallest absolute Gasteiger partial charge is 0.188 e. The van der Waals surface area contributed by atoms with Crippen molar-refractivity contribution < 1.29 is 9.47 Å². The molecule has 5 nitrogen and oxygen atoms in total. The van der Waals surface area contributed by atoms with Gasteiger partial charge < -0.3 is 14.8 Å². The minimum absolute atomic E-state index is 0.709. The number of hydrogen-bond donors (Lipinski definition) is 1. The number of benzene rings is 2. The summed E-state index contributed by atoms with van der Waals surface area (Å²) in [5.41, 5.74) is 2.85. The van der Waals surface area contributed by atoms with Crippen molar-refractivity contribution in [3.63, 3.8) is 0 Å². The lowest BCUT2D eigenvalue weighted by atomic mass is 10.3. The van der Waals surface area contributed by atoms with Crippen LogP contribution in [0.15, 0.2) is 34.7 Å². The molecule has 0 spiro atoms. The number of thiazole rings is 2. The fourth-order valence-electron chi connectivity index (χ4n) is 2.49. The average Bonchev–Trinajstić information content (AvgIpc) is 3.23. The van der Waals surface area contributed by atoms with E-state index in [9.17, 15) is 0 Å². The van der Waals surface area contributed by atoms with Gasteiger partial charge in [0, 0.05) is 11.8 Å². The van der Waals surface area contributed by atoms with Gasteiger partial charge >= 0.3 is 0 Å². The molecule has 0 aliphatic heterocycles. The molecule has 0 aliphatic rings. The summed E-state index contributed by atoms with van der Waals surface area (Å²) in [6.07, 6.45) is 2.04. The number of rotatable bonds is 5. The molecule has 0 fully saturated rings. The van der Waals surface area contributed by atoms with Gasteiger partial charge in [-0.2, -0.15) is 0 Å². The second kappa shape index (κ2) is 6.70. The highest BCUT2D eigenvalue weighted by atomic mass is 32.2. The number of nitrogens with zero attached hydrogens (tertiary/aromatic N) is 2. The van der Waals surface area contributed by atoms with E-state index in [-0.39, 0.29) is 0 Å². The molecule has 0 saturated carbocycles. The third-order valence-corrected chi connectivity index (χ3v) is 6.60. The summed E-state index contributed by atoms with van der Waals surface area (Å²) in [5, 5.41) is 4.20. The molecule has 2 heterocycles. The lowest BCUT2D eigenvalue weighted by Gasteiger charge is -2.03. The summed E-state index contributed by atoms with van der Waals surface area (Å²) in [6, 6.07) is 9.98. The Morgan fingerprint density at radius 1 is 1.00 bits per heavy atom. The normalized spacial score (nSPS) is 11.2. The van der Waals surface area contributed by atoms with Crippen LogP contribution >= 0.6 is 34.4 Å². The summed E-state index contributed by atoms with van der Waals surface area (Å²) in [7, 11) is 3.29. The largest absolute Gasteiger partial charge is 0.497 e. The Morgan fingerprint density at radius 3 is 2.64 bits per heavy atom. The van der Waals surface area contributed by atoms with Crippen molar-refractivity contribution in [2.24, 2.45) is 0 Å². The second-order valence-corrected chi connectivity index (χ2v) is 8.30. The van der Waals surface area contributed by atoms with Crippen LogP contribution in [0.25, 0.3) is 20.4 Å². The fourth-order valence-corrected chi connectivity index (χ4v) is 4.95. The van der Waals surface area contributed by atoms with Crippen LogP contribution in [0.4, 0.5) is 10.8 Å². The molecular formula is C17H15N3O2S3. The molecule has 0 bridgehead atoms. The summed E-state index contributed by atoms with van der Waals surface area (Å²) in [6.45, 7) is 0. The lowest BCUT2D eigenvalue weighted by molar-refractivity contribution is 0.397. The van der Waals surface area contributed by atoms with Crippen LogP contribution in [0, 0.1) is 0 Å². The summed E-state index contributed by atoms with van der Waals surface area (Å²) in [5.74, 6) is 1.47.